The van der Waals surface area contributed by atoms with E-state index in [9.17, 15) is 14.4 Å². The molecule has 1 saturated carbocycles. The summed E-state index contributed by atoms with van der Waals surface area (Å²) in [7, 11) is 2.69. The number of nitrogen functional groups attached to an aromatic ring is 1. The molecule has 1 aromatic rings. The number of amides is 2. The van der Waals surface area contributed by atoms with Crippen molar-refractivity contribution in [1.82, 2.24) is 4.90 Å². The second kappa shape index (κ2) is 9.80. The maximum absolute atomic E-state index is 13.2. The Morgan fingerprint density at radius 1 is 1.13 bits per heavy atom. The molecule has 1 heterocycles. The number of benzene rings is 1. The summed E-state index contributed by atoms with van der Waals surface area (Å²) in [6.45, 7) is 1.10. The summed E-state index contributed by atoms with van der Waals surface area (Å²) in [6, 6.07) is 4.78. The molecule has 1 aliphatic heterocycles. The van der Waals surface area contributed by atoms with Crippen LogP contribution in [-0.4, -0.2) is 62.1 Å². The maximum Gasteiger partial charge on any atom is 0.337 e. The Bertz CT molecular complexity index is 863. The predicted molar refractivity (Wildman–Crippen MR) is 115 cm³/mol. The number of rotatable bonds is 7. The van der Waals surface area contributed by atoms with Gasteiger partial charge >= 0.3 is 18.0 Å². The number of ether oxygens (including phenoxy) is 2. The molecule has 0 bridgehead atoms. The molecular formula is C22H30N4O5. The van der Waals surface area contributed by atoms with E-state index >= 15 is 0 Å². The Hall–Kier alpha value is -3.10. The highest BCUT2D eigenvalue weighted by atomic mass is 16.5. The van der Waals surface area contributed by atoms with Gasteiger partial charge in [0.1, 0.15) is 5.84 Å². The van der Waals surface area contributed by atoms with Gasteiger partial charge in [-0.1, -0.05) is 0 Å². The summed E-state index contributed by atoms with van der Waals surface area (Å²) in [6.07, 6.45) is 5.06. The molecule has 9 heteroatoms. The molecule has 3 rings (SSSR count). The zero-order valence-corrected chi connectivity index (χ0v) is 18.1. The minimum absolute atomic E-state index is 0.105. The largest absolute Gasteiger partial charge is 0.469 e. The number of carbonyl (C=O) groups excluding carboxylic acids is 3. The van der Waals surface area contributed by atoms with Crippen molar-refractivity contribution in [1.29, 1.82) is 5.41 Å². The van der Waals surface area contributed by atoms with Gasteiger partial charge in [-0.15, -0.1) is 0 Å². The second-order valence-electron chi connectivity index (χ2n) is 8.05. The van der Waals surface area contributed by atoms with E-state index in [-0.39, 0.29) is 29.4 Å². The van der Waals surface area contributed by atoms with Crippen LogP contribution in [0.2, 0.25) is 0 Å². The van der Waals surface area contributed by atoms with Gasteiger partial charge in [0, 0.05) is 31.1 Å². The van der Waals surface area contributed by atoms with E-state index in [2.05, 4.69) is 0 Å². The average molecular weight is 431 g/mol. The number of hydrogen-bond acceptors (Lipinski definition) is 6. The van der Waals surface area contributed by atoms with Crippen molar-refractivity contribution in [2.24, 2.45) is 11.7 Å². The molecule has 2 aliphatic rings. The van der Waals surface area contributed by atoms with Crippen LogP contribution < -0.4 is 10.6 Å². The third-order valence-corrected chi connectivity index (χ3v) is 6.28. The topological polar surface area (TPSA) is 126 Å². The van der Waals surface area contributed by atoms with E-state index in [0.29, 0.717) is 36.7 Å². The van der Waals surface area contributed by atoms with E-state index in [0.717, 1.165) is 32.1 Å². The Balaban J connectivity index is 1.66. The number of anilines is 1. The van der Waals surface area contributed by atoms with E-state index in [1.807, 2.05) is 4.90 Å². The quantitative estimate of drug-likeness (QED) is 0.389. The number of urea groups is 1. The van der Waals surface area contributed by atoms with Gasteiger partial charge in [-0.2, -0.15) is 0 Å². The van der Waals surface area contributed by atoms with Crippen LogP contribution in [0.5, 0.6) is 0 Å². The molecule has 0 radical (unpaired) electrons. The number of nitrogens with two attached hydrogens (primary N) is 1. The summed E-state index contributed by atoms with van der Waals surface area (Å²) in [5.41, 5.74) is 6.88. The van der Waals surface area contributed by atoms with Crippen LogP contribution in [0.4, 0.5) is 10.5 Å². The Morgan fingerprint density at radius 2 is 1.84 bits per heavy atom. The highest BCUT2D eigenvalue weighted by Crippen LogP contribution is 2.34. The lowest BCUT2D eigenvalue weighted by molar-refractivity contribution is -0.141. The summed E-state index contributed by atoms with van der Waals surface area (Å²) in [4.78, 5) is 39.9. The number of nitrogens with zero attached hydrogens (tertiary/aromatic N) is 2. The van der Waals surface area contributed by atoms with Crippen molar-refractivity contribution in [3.63, 3.8) is 0 Å². The predicted octanol–water partition coefficient (Wildman–Crippen LogP) is 2.51. The fourth-order valence-corrected chi connectivity index (χ4v) is 4.52. The zero-order valence-electron chi connectivity index (χ0n) is 18.1. The van der Waals surface area contributed by atoms with Gasteiger partial charge in [-0.25, -0.2) is 9.59 Å². The monoisotopic (exact) mass is 430 g/mol. The molecule has 31 heavy (non-hydrogen) atoms. The van der Waals surface area contributed by atoms with Crippen molar-refractivity contribution in [2.45, 2.75) is 44.6 Å². The zero-order chi connectivity index (χ0) is 22.5. The Morgan fingerprint density at radius 3 is 2.45 bits per heavy atom. The van der Waals surface area contributed by atoms with E-state index < -0.39 is 5.97 Å². The van der Waals surface area contributed by atoms with E-state index in [1.165, 1.54) is 20.3 Å². The standard InChI is InChI=1S/C22H30N4O5/c1-30-19(27)10-5-14-3-7-16(8-4-14)25-11-12-26(22(25)29)18-9-6-15(21(28)31-2)13-17(18)20(23)24/h6,9,13-14,16H,3-5,7-8,10-12H2,1-2H3,(H3,23,24). The minimum Gasteiger partial charge on any atom is -0.469 e. The van der Waals surface area contributed by atoms with Gasteiger partial charge in [-0.05, 0) is 56.2 Å². The highest BCUT2D eigenvalue weighted by Gasteiger charge is 2.37. The van der Waals surface area contributed by atoms with Gasteiger partial charge in [-0.3, -0.25) is 15.1 Å². The molecule has 3 N–H and O–H groups in total. The van der Waals surface area contributed by atoms with Gasteiger partial charge in [0.25, 0.3) is 0 Å². The molecule has 168 valence electrons. The van der Waals surface area contributed by atoms with Crippen LogP contribution in [-0.2, 0) is 14.3 Å². The van der Waals surface area contributed by atoms with E-state index in [1.54, 1.807) is 17.0 Å². The number of methoxy groups -OCH3 is 2. The van der Waals surface area contributed by atoms with Crippen LogP contribution in [0.15, 0.2) is 18.2 Å². The van der Waals surface area contributed by atoms with Gasteiger partial charge < -0.3 is 20.1 Å². The molecule has 1 aromatic carbocycles. The van der Waals surface area contributed by atoms with Gasteiger partial charge in [0.15, 0.2) is 0 Å². The number of nitrogens with one attached hydrogen (secondary N) is 1. The molecule has 0 spiro atoms. The van der Waals surface area contributed by atoms with Gasteiger partial charge in [0.05, 0.1) is 25.5 Å². The lowest BCUT2D eigenvalue weighted by Gasteiger charge is -2.34. The molecule has 1 aliphatic carbocycles. The third kappa shape index (κ3) is 4.98. The number of hydrogen-bond donors (Lipinski definition) is 2. The van der Waals surface area contributed by atoms with Crippen LogP contribution in [0.25, 0.3) is 0 Å². The number of esters is 2. The van der Waals surface area contributed by atoms with Crippen LogP contribution in [0.1, 0.15) is 54.4 Å². The molecule has 0 atom stereocenters. The molecule has 2 fully saturated rings. The minimum atomic E-state index is -0.521. The van der Waals surface area contributed by atoms with Gasteiger partial charge in [0.2, 0.25) is 0 Å². The molecule has 2 amide bonds. The first-order valence-corrected chi connectivity index (χ1v) is 10.6. The summed E-state index contributed by atoms with van der Waals surface area (Å²) in [5.74, 6) is -0.420. The van der Waals surface area contributed by atoms with E-state index in [4.69, 9.17) is 20.6 Å². The summed E-state index contributed by atoms with van der Waals surface area (Å²) < 4.78 is 9.45. The van der Waals surface area contributed by atoms with Crippen molar-refractivity contribution in [2.75, 3.05) is 32.2 Å². The van der Waals surface area contributed by atoms with Crippen LogP contribution in [0.3, 0.4) is 0 Å². The molecule has 0 aromatic heterocycles. The van der Waals surface area contributed by atoms with Crippen molar-refractivity contribution < 1.29 is 23.9 Å². The summed E-state index contributed by atoms with van der Waals surface area (Å²) >= 11 is 0. The molecule has 0 unspecified atom stereocenters. The fourth-order valence-electron chi connectivity index (χ4n) is 4.52. The van der Waals surface area contributed by atoms with Crippen LogP contribution >= 0.6 is 0 Å². The normalized spacial score (nSPS) is 21.2. The van der Waals surface area contributed by atoms with Crippen LogP contribution in [0, 0.1) is 11.3 Å². The number of amidine groups is 1. The molecular weight excluding hydrogens is 400 g/mol. The SMILES string of the molecule is COC(=O)CCC1CCC(N2CCN(c3ccc(C(=O)OC)cc3C(=N)N)C2=O)CC1. The molecule has 9 nitrogen and oxygen atoms in total. The van der Waals surface area contributed by atoms with Crippen molar-refractivity contribution in [3.05, 3.63) is 29.3 Å². The lowest BCUT2D eigenvalue weighted by Crippen LogP contribution is -2.41. The van der Waals surface area contributed by atoms with Crippen molar-refractivity contribution in [3.8, 4) is 0 Å². The average Bonchev–Trinajstić information content (AvgIpc) is 3.17. The molecule has 1 saturated heterocycles. The Kier molecular flexibility index (Phi) is 7.14. The Labute approximate surface area is 182 Å². The number of carbonyl (C=O) groups is 3. The smallest absolute Gasteiger partial charge is 0.337 e. The highest BCUT2D eigenvalue weighted by molar-refractivity contribution is 6.07. The second-order valence-corrected chi connectivity index (χ2v) is 8.05. The lowest BCUT2D eigenvalue weighted by atomic mass is 9.83. The summed E-state index contributed by atoms with van der Waals surface area (Å²) in [5, 5.41) is 7.89. The third-order valence-electron chi connectivity index (χ3n) is 6.28. The fraction of sp³-hybridized carbons (Fsp3) is 0.545. The first-order chi connectivity index (χ1) is 14.8. The first-order valence-electron chi connectivity index (χ1n) is 10.6. The maximum atomic E-state index is 13.2. The van der Waals surface area contributed by atoms with Crippen molar-refractivity contribution >= 4 is 29.5 Å². The first kappa shape index (κ1) is 22.6.